The Hall–Kier alpha value is -0.520. The number of hydrogen-bond donors (Lipinski definition) is 0. The second-order valence-corrected chi connectivity index (χ2v) is 9.24. The van der Waals surface area contributed by atoms with Gasteiger partial charge in [-0.3, -0.25) is 0 Å². The van der Waals surface area contributed by atoms with E-state index in [-0.39, 0.29) is 0 Å². The molecule has 0 aromatic rings. The van der Waals surface area contributed by atoms with Gasteiger partial charge in [-0.2, -0.15) is 0 Å². The Morgan fingerprint density at radius 3 is 2.15 bits per heavy atom. The van der Waals surface area contributed by atoms with Crippen molar-refractivity contribution in [1.29, 1.82) is 0 Å². The molecule has 2 rings (SSSR count). The normalized spacial score (nSPS) is 30.4. The van der Waals surface area contributed by atoms with Crippen LogP contribution in [0.2, 0.25) is 0 Å². The lowest BCUT2D eigenvalue weighted by molar-refractivity contribution is 0.237. The van der Waals surface area contributed by atoms with E-state index >= 15 is 0 Å². The summed E-state index contributed by atoms with van der Waals surface area (Å²) in [6.45, 7) is 4.44. The molecule has 0 amide bonds. The van der Waals surface area contributed by atoms with Crippen LogP contribution in [0, 0.1) is 23.7 Å². The van der Waals surface area contributed by atoms with Crippen molar-refractivity contribution in [2.45, 2.75) is 117 Å². The van der Waals surface area contributed by atoms with E-state index in [4.69, 9.17) is 0 Å². The van der Waals surface area contributed by atoms with Crippen LogP contribution in [0.5, 0.6) is 0 Å². The number of rotatable bonds is 11. The van der Waals surface area contributed by atoms with E-state index in [2.05, 4.69) is 38.2 Å². The van der Waals surface area contributed by atoms with Crippen LogP contribution < -0.4 is 0 Å². The predicted octanol–water partition coefficient (Wildman–Crippen LogP) is 8.87. The van der Waals surface area contributed by atoms with Gasteiger partial charge in [0.15, 0.2) is 0 Å². The highest BCUT2D eigenvalue weighted by atomic mass is 14.3. The lowest BCUT2D eigenvalue weighted by atomic mass is 9.75. The molecule has 0 aliphatic heterocycles. The highest BCUT2D eigenvalue weighted by molar-refractivity contribution is 4.93. The number of allylic oxidation sites excluding steroid dienone is 4. The van der Waals surface area contributed by atoms with E-state index in [1.54, 1.807) is 0 Å². The lowest BCUT2D eigenvalue weighted by Crippen LogP contribution is -2.18. The Morgan fingerprint density at radius 2 is 1.42 bits per heavy atom. The summed E-state index contributed by atoms with van der Waals surface area (Å²) in [6, 6.07) is 0. The molecule has 0 N–H and O–H groups in total. The third-order valence-electron chi connectivity index (χ3n) is 7.19. The maximum Gasteiger partial charge on any atom is -0.0205 e. The zero-order valence-corrected chi connectivity index (χ0v) is 17.9. The quantitative estimate of drug-likeness (QED) is 0.255. The van der Waals surface area contributed by atoms with Crippen molar-refractivity contribution in [3.63, 3.8) is 0 Å². The van der Waals surface area contributed by atoms with Gasteiger partial charge < -0.3 is 0 Å². The lowest BCUT2D eigenvalue weighted by Gasteiger charge is -2.30. The van der Waals surface area contributed by atoms with Crippen molar-refractivity contribution in [1.82, 2.24) is 0 Å². The van der Waals surface area contributed by atoms with Gasteiger partial charge in [0.25, 0.3) is 0 Å². The minimum absolute atomic E-state index is 0.905. The molecule has 2 atom stereocenters. The predicted molar refractivity (Wildman–Crippen MR) is 117 cm³/mol. The first kappa shape index (κ1) is 21.8. The van der Waals surface area contributed by atoms with Gasteiger partial charge >= 0.3 is 0 Å². The fourth-order valence-electron chi connectivity index (χ4n) is 5.43. The molecule has 0 aromatic heterocycles. The first-order chi connectivity index (χ1) is 12.8. The molecule has 2 unspecified atom stereocenters. The van der Waals surface area contributed by atoms with Crippen LogP contribution >= 0.6 is 0 Å². The fraction of sp³-hybridized carbons (Fsp3) is 0.846. The van der Waals surface area contributed by atoms with Crippen molar-refractivity contribution in [2.24, 2.45) is 23.7 Å². The summed E-state index contributed by atoms with van der Waals surface area (Å²) in [4.78, 5) is 0. The highest BCUT2D eigenvalue weighted by Crippen LogP contribution is 2.37. The van der Waals surface area contributed by atoms with Gasteiger partial charge in [-0.25, -0.2) is 0 Å². The molecule has 0 nitrogen and oxygen atoms in total. The number of hydrogen-bond acceptors (Lipinski definition) is 0. The minimum atomic E-state index is 0.905. The van der Waals surface area contributed by atoms with Crippen LogP contribution in [0.25, 0.3) is 0 Å². The molecule has 0 heteroatoms. The van der Waals surface area contributed by atoms with Gasteiger partial charge in [0.1, 0.15) is 0 Å². The van der Waals surface area contributed by atoms with Crippen LogP contribution in [0.15, 0.2) is 24.3 Å². The zero-order valence-electron chi connectivity index (χ0n) is 17.9. The van der Waals surface area contributed by atoms with Gasteiger partial charge in [0.2, 0.25) is 0 Å². The van der Waals surface area contributed by atoms with E-state index in [0.29, 0.717) is 0 Å². The molecular formula is C26H46. The number of unbranched alkanes of at least 4 members (excludes halogenated alkanes) is 2. The molecule has 0 bridgehead atoms. The Bertz CT molecular complexity index is 383. The second-order valence-electron chi connectivity index (χ2n) is 9.24. The van der Waals surface area contributed by atoms with E-state index in [1.165, 1.54) is 103 Å². The average Bonchev–Trinajstić information content (AvgIpc) is 2.68. The summed E-state index contributed by atoms with van der Waals surface area (Å²) in [5.74, 6) is 3.99. The molecule has 2 aliphatic rings. The Labute approximate surface area is 164 Å². The fourth-order valence-corrected chi connectivity index (χ4v) is 5.43. The van der Waals surface area contributed by atoms with Crippen LogP contribution in [0.4, 0.5) is 0 Å². The third-order valence-corrected chi connectivity index (χ3v) is 7.19. The van der Waals surface area contributed by atoms with E-state index in [0.717, 1.165) is 23.7 Å². The Kier molecular flexibility index (Phi) is 11.4. The molecule has 2 saturated carbocycles. The van der Waals surface area contributed by atoms with E-state index in [9.17, 15) is 0 Å². The molecule has 150 valence electrons. The summed E-state index contributed by atoms with van der Waals surface area (Å²) >= 11 is 0. The van der Waals surface area contributed by atoms with Gasteiger partial charge in [0.05, 0.1) is 0 Å². The highest BCUT2D eigenvalue weighted by Gasteiger charge is 2.23. The maximum absolute atomic E-state index is 2.59. The van der Waals surface area contributed by atoms with Crippen LogP contribution in [-0.4, -0.2) is 0 Å². The summed E-state index contributed by atoms with van der Waals surface area (Å²) in [6.07, 6.45) is 32.9. The Morgan fingerprint density at radius 1 is 0.731 bits per heavy atom. The van der Waals surface area contributed by atoms with Gasteiger partial charge in [-0.1, -0.05) is 95.4 Å². The Balaban J connectivity index is 1.56. The third kappa shape index (κ3) is 8.45. The monoisotopic (exact) mass is 358 g/mol. The van der Waals surface area contributed by atoms with Gasteiger partial charge in [0, 0.05) is 0 Å². The van der Waals surface area contributed by atoms with E-state index < -0.39 is 0 Å². The molecule has 2 fully saturated rings. The maximum atomic E-state index is 2.59. The van der Waals surface area contributed by atoms with Crippen LogP contribution in [0.3, 0.4) is 0 Å². The first-order valence-electron chi connectivity index (χ1n) is 12.1. The first-order valence-corrected chi connectivity index (χ1v) is 12.1. The molecule has 0 aromatic carbocycles. The van der Waals surface area contributed by atoms with Crippen molar-refractivity contribution in [3.8, 4) is 0 Å². The average molecular weight is 359 g/mol. The second kappa shape index (κ2) is 13.6. The molecular weight excluding hydrogens is 312 g/mol. The smallest absolute Gasteiger partial charge is 0.0205 e. The van der Waals surface area contributed by atoms with Crippen molar-refractivity contribution >= 4 is 0 Å². The molecule has 0 spiro atoms. The van der Waals surface area contributed by atoms with E-state index in [1.807, 2.05) is 0 Å². The van der Waals surface area contributed by atoms with Crippen LogP contribution in [-0.2, 0) is 0 Å². The minimum Gasteiger partial charge on any atom is -0.0917 e. The SMILES string of the molecule is C/C=C/CC[C@H]1CC[C@H](CCCCC2CCCCC2/C=C/CCC)CC1. The summed E-state index contributed by atoms with van der Waals surface area (Å²) in [5.41, 5.74) is 0. The van der Waals surface area contributed by atoms with Gasteiger partial charge in [-0.15, -0.1) is 0 Å². The van der Waals surface area contributed by atoms with Crippen molar-refractivity contribution < 1.29 is 0 Å². The molecule has 2 aliphatic carbocycles. The topological polar surface area (TPSA) is 0 Å². The standard InChI is InChI=1S/C26H46/c1-3-5-7-13-23-19-21-24(22-20-23)14-9-10-16-26-18-12-11-17-25(26)15-8-6-4-2/h3,5,8,15,23-26H,4,6-7,9-14,16-22H2,1-2H3/b5-3+,15-8+/t23-,24-,25?,26?. The van der Waals surface area contributed by atoms with Gasteiger partial charge in [-0.05, 0) is 69.1 Å². The molecule has 0 heterocycles. The van der Waals surface area contributed by atoms with Crippen LogP contribution in [0.1, 0.15) is 117 Å². The summed E-state index contributed by atoms with van der Waals surface area (Å²) < 4.78 is 0. The van der Waals surface area contributed by atoms with Crippen molar-refractivity contribution in [2.75, 3.05) is 0 Å². The molecule has 0 saturated heterocycles. The largest absolute Gasteiger partial charge is 0.0917 e. The summed E-state index contributed by atoms with van der Waals surface area (Å²) in [7, 11) is 0. The molecule has 26 heavy (non-hydrogen) atoms. The summed E-state index contributed by atoms with van der Waals surface area (Å²) in [5, 5.41) is 0. The zero-order chi connectivity index (χ0) is 18.5. The van der Waals surface area contributed by atoms with Crippen molar-refractivity contribution in [3.05, 3.63) is 24.3 Å². The molecule has 0 radical (unpaired) electrons.